The van der Waals surface area contributed by atoms with Crippen molar-refractivity contribution in [2.45, 2.75) is 13.0 Å². The number of imide groups is 1. The van der Waals surface area contributed by atoms with Gasteiger partial charge in [-0.05, 0) is 43.3 Å². The maximum absolute atomic E-state index is 12.6. The Hall–Kier alpha value is -3.66. The minimum atomic E-state index is -0.674. The van der Waals surface area contributed by atoms with Crippen molar-refractivity contribution in [1.29, 1.82) is 5.26 Å². The summed E-state index contributed by atoms with van der Waals surface area (Å²) in [6.07, 6.45) is 0. The molecule has 7 nitrogen and oxygen atoms in total. The number of nitrogens with one attached hydrogen (secondary N) is 1. The average molecular weight is 348 g/mol. The van der Waals surface area contributed by atoms with E-state index in [0.29, 0.717) is 16.9 Å². The molecule has 0 radical (unpaired) electrons. The second-order valence-corrected chi connectivity index (χ2v) is 5.83. The lowest BCUT2D eigenvalue weighted by molar-refractivity contribution is -0.130. The van der Waals surface area contributed by atoms with Crippen molar-refractivity contribution >= 4 is 29.2 Å². The van der Waals surface area contributed by atoms with Crippen LogP contribution in [-0.4, -0.2) is 35.3 Å². The molecule has 1 aliphatic rings. The zero-order chi connectivity index (χ0) is 18.7. The Labute approximate surface area is 150 Å². The molecule has 1 saturated heterocycles. The van der Waals surface area contributed by atoms with Crippen LogP contribution < -0.4 is 10.2 Å². The van der Waals surface area contributed by atoms with Gasteiger partial charge in [0, 0.05) is 11.4 Å². The molecule has 130 valence electrons. The van der Waals surface area contributed by atoms with Crippen LogP contribution in [0.2, 0.25) is 0 Å². The Bertz CT molecular complexity index is 887. The third kappa shape index (κ3) is 3.26. The van der Waals surface area contributed by atoms with Gasteiger partial charge in [0.05, 0.1) is 11.6 Å². The molecule has 2 aromatic rings. The minimum absolute atomic E-state index is 0.370. The van der Waals surface area contributed by atoms with E-state index in [4.69, 9.17) is 5.26 Å². The fourth-order valence-corrected chi connectivity index (χ4v) is 2.77. The summed E-state index contributed by atoms with van der Waals surface area (Å²) in [5.74, 6) is -0.910. The number of carbonyl (C=O) groups excluding carboxylic acids is 3. The van der Waals surface area contributed by atoms with Crippen LogP contribution >= 0.6 is 0 Å². The Morgan fingerprint density at radius 2 is 1.77 bits per heavy atom. The van der Waals surface area contributed by atoms with Gasteiger partial charge in [-0.3, -0.25) is 19.4 Å². The molecule has 7 heteroatoms. The van der Waals surface area contributed by atoms with E-state index in [1.165, 1.54) is 4.90 Å². The summed E-state index contributed by atoms with van der Waals surface area (Å²) in [5, 5.41) is 11.4. The third-order valence-corrected chi connectivity index (χ3v) is 4.08. The van der Waals surface area contributed by atoms with Gasteiger partial charge in [0.15, 0.2) is 0 Å². The normalized spacial score (nSPS) is 16.5. The molecular weight excluding hydrogens is 332 g/mol. The summed E-state index contributed by atoms with van der Waals surface area (Å²) >= 11 is 0. The van der Waals surface area contributed by atoms with Gasteiger partial charge in [-0.25, -0.2) is 4.79 Å². The Balaban J connectivity index is 1.71. The molecule has 0 aromatic heterocycles. The van der Waals surface area contributed by atoms with Crippen LogP contribution in [0.25, 0.3) is 0 Å². The first kappa shape index (κ1) is 17.2. The molecule has 0 bridgehead atoms. The molecule has 0 saturated carbocycles. The van der Waals surface area contributed by atoms with Crippen LogP contribution in [0.4, 0.5) is 16.2 Å². The molecule has 0 aliphatic carbocycles. The Kier molecular flexibility index (Phi) is 4.67. The van der Waals surface area contributed by atoms with Crippen LogP contribution in [0, 0.1) is 11.3 Å². The second-order valence-electron chi connectivity index (χ2n) is 5.83. The summed E-state index contributed by atoms with van der Waals surface area (Å²) in [4.78, 5) is 39.6. The molecule has 3 rings (SSSR count). The van der Waals surface area contributed by atoms with E-state index in [2.05, 4.69) is 5.32 Å². The number of anilines is 2. The van der Waals surface area contributed by atoms with Crippen LogP contribution in [-0.2, 0) is 9.59 Å². The van der Waals surface area contributed by atoms with E-state index in [-0.39, 0.29) is 6.54 Å². The van der Waals surface area contributed by atoms with E-state index in [1.54, 1.807) is 55.5 Å². The number of nitriles is 1. The number of amides is 4. The van der Waals surface area contributed by atoms with Crippen molar-refractivity contribution in [3.8, 4) is 6.07 Å². The SMILES string of the molecule is C[C@@H]1C(=O)N(CC(=O)Nc2ccc(C#N)cc2)C(=O)N1c1ccccc1. The molecule has 2 aromatic carbocycles. The van der Waals surface area contributed by atoms with Gasteiger partial charge in [-0.15, -0.1) is 0 Å². The molecule has 0 spiro atoms. The van der Waals surface area contributed by atoms with Crippen molar-refractivity contribution in [3.63, 3.8) is 0 Å². The first-order chi connectivity index (χ1) is 12.5. The topological polar surface area (TPSA) is 93.5 Å². The standard InChI is InChI=1S/C19H16N4O3/c1-13-18(25)22(19(26)23(13)16-5-3-2-4-6-16)12-17(24)21-15-9-7-14(11-20)8-10-15/h2-10,13H,12H2,1H3,(H,21,24)/t13-/m1/s1. The van der Waals surface area contributed by atoms with Gasteiger partial charge in [0.2, 0.25) is 5.91 Å². The third-order valence-electron chi connectivity index (χ3n) is 4.08. The molecule has 1 N–H and O–H groups in total. The molecule has 0 unspecified atom stereocenters. The van der Waals surface area contributed by atoms with E-state index in [9.17, 15) is 14.4 Å². The fourth-order valence-electron chi connectivity index (χ4n) is 2.77. The first-order valence-corrected chi connectivity index (χ1v) is 8.01. The second kappa shape index (κ2) is 7.07. The quantitative estimate of drug-likeness (QED) is 0.858. The van der Waals surface area contributed by atoms with Gasteiger partial charge in [0.25, 0.3) is 5.91 Å². The highest BCUT2D eigenvalue weighted by Crippen LogP contribution is 2.25. The Morgan fingerprint density at radius 1 is 1.12 bits per heavy atom. The summed E-state index contributed by atoms with van der Waals surface area (Å²) in [6.45, 7) is 1.26. The van der Waals surface area contributed by atoms with E-state index in [1.807, 2.05) is 12.1 Å². The maximum Gasteiger partial charge on any atom is 0.332 e. The predicted molar refractivity (Wildman–Crippen MR) is 95.3 cm³/mol. The molecule has 1 heterocycles. The first-order valence-electron chi connectivity index (χ1n) is 8.01. The highest BCUT2D eigenvalue weighted by Gasteiger charge is 2.43. The molecule has 1 fully saturated rings. The zero-order valence-electron chi connectivity index (χ0n) is 14.0. The highest BCUT2D eigenvalue weighted by molar-refractivity contribution is 6.16. The molecule has 1 aliphatic heterocycles. The van der Waals surface area contributed by atoms with E-state index < -0.39 is 23.9 Å². The lowest BCUT2D eigenvalue weighted by atomic mass is 10.2. The number of urea groups is 1. The smallest absolute Gasteiger partial charge is 0.325 e. The molecule has 26 heavy (non-hydrogen) atoms. The van der Waals surface area contributed by atoms with Crippen LogP contribution in [0.5, 0.6) is 0 Å². The average Bonchev–Trinajstić information content (AvgIpc) is 2.86. The summed E-state index contributed by atoms with van der Waals surface area (Å²) in [6, 6.07) is 16.0. The van der Waals surface area contributed by atoms with Crippen LogP contribution in [0.1, 0.15) is 12.5 Å². The monoisotopic (exact) mass is 348 g/mol. The Morgan fingerprint density at radius 3 is 2.38 bits per heavy atom. The maximum atomic E-state index is 12.6. The van der Waals surface area contributed by atoms with Crippen LogP contribution in [0.15, 0.2) is 54.6 Å². The molecule has 1 atom stereocenters. The van der Waals surface area contributed by atoms with Gasteiger partial charge < -0.3 is 5.32 Å². The van der Waals surface area contributed by atoms with Crippen molar-refractivity contribution < 1.29 is 14.4 Å². The van der Waals surface area contributed by atoms with E-state index >= 15 is 0 Å². The van der Waals surface area contributed by atoms with Crippen molar-refractivity contribution in [2.75, 3.05) is 16.8 Å². The number of carbonyl (C=O) groups is 3. The van der Waals surface area contributed by atoms with E-state index in [0.717, 1.165) is 4.90 Å². The zero-order valence-corrected chi connectivity index (χ0v) is 14.0. The molecule has 4 amide bonds. The van der Waals surface area contributed by atoms with Gasteiger partial charge in [-0.2, -0.15) is 5.26 Å². The van der Waals surface area contributed by atoms with Gasteiger partial charge in [-0.1, -0.05) is 18.2 Å². The lowest BCUT2D eigenvalue weighted by Crippen LogP contribution is -2.39. The number of nitrogens with zero attached hydrogens (tertiary/aromatic N) is 3. The van der Waals surface area contributed by atoms with Gasteiger partial charge >= 0.3 is 6.03 Å². The summed E-state index contributed by atoms with van der Waals surface area (Å²) in [5.41, 5.74) is 1.56. The number of benzene rings is 2. The summed E-state index contributed by atoms with van der Waals surface area (Å²) in [7, 11) is 0. The molecular formula is C19H16N4O3. The minimum Gasteiger partial charge on any atom is -0.325 e. The van der Waals surface area contributed by atoms with Crippen molar-refractivity contribution in [2.24, 2.45) is 0 Å². The number of rotatable bonds is 4. The fraction of sp³-hybridized carbons (Fsp3) is 0.158. The number of para-hydroxylation sites is 1. The predicted octanol–water partition coefficient (Wildman–Crippen LogP) is 2.35. The lowest BCUT2D eigenvalue weighted by Gasteiger charge is -2.19. The largest absolute Gasteiger partial charge is 0.332 e. The highest BCUT2D eigenvalue weighted by atomic mass is 16.2. The number of hydrogen-bond donors (Lipinski definition) is 1. The summed E-state index contributed by atoms with van der Waals surface area (Å²) < 4.78 is 0. The van der Waals surface area contributed by atoms with Gasteiger partial charge in [0.1, 0.15) is 12.6 Å². The van der Waals surface area contributed by atoms with Crippen molar-refractivity contribution in [1.82, 2.24) is 4.90 Å². The number of hydrogen-bond acceptors (Lipinski definition) is 4. The van der Waals surface area contributed by atoms with Crippen LogP contribution in [0.3, 0.4) is 0 Å². The van der Waals surface area contributed by atoms with Crippen molar-refractivity contribution in [3.05, 3.63) is 60.2 Å².